The Hall–Kier alpha value is -2.05. The number of aliphatic carboxylic acids is 1. The quantitative estimate of drug-likeness (QED) is 0.662. The highest BCUT2D eigenvalue weighted by Gasteiger charge is 2.18. The van der Waals surface area contributed by atoms with E-state index >= 15 is 0 Å². The lowest BCUT2D eigenvalue weighted by Gasteiger charge is -2.24. The van der Waals surface area contributed by atoms with Crippen LogP contribution >= 0.6 is 0 Å². The minimum Gasteiger partial charge on any atom is -0.481 e. The third kappa shape index (κ3) is 2.96. The smallest absolute Gasteiger partial charge is 0.308 e. The van der Waals surface area contributed by atoms with Gasteiger partial charge in [-0.25, -0.2) is 4.98 Å². The van der Waals surface area contributed by atoms with Gasteiger partial charge >= 0.3 is 5.97 Å². The summed E-state index contributed by atoms with van der Waals surface area (Å²) in [6.07, 6.45) is 1.25. The number of H-pyrrole nitrogens is 1. The van der Waals surface area contributed by atoms with E-state index in [0.717, 1.165) is 0 Å². The zero-order valence-corrected chi connectivity index (χ0v) is 9.80. The number of hydrogen-bond acceptors (Lipinski definition) is 5. The first-order valence-electron chi connectivity index (χ1n) is 5.28. The van der Waals surface area contributed by atoms with E-state index in [9.17, 15) is 9.59 Å². The molecular formula is C10H16N4O3. The summed E-state index contributed by atoms with van der Waals surface area (Å²) in [6, 6.07) is 0. The first-order chi connectivity index (χ1) is 7.97. The van der Waals surface area contributed by atoms with Crippen molar-refractivity contribution in [2.45, 2.75) is 13.8 Å². The zero-order valence-electron chi connectivity index (χ0n) is 9.80. The van der Waals surface area contributed by atoms with Gasteiger partial charge in [-0.05, 0) is 6.92 Å². The van der Waals surface area contributed by atoms with E-state index in [2.05, 4.69) is 9.97 Å². The standard InChI is InChI=1S/C10H16N4O3/c1-3-14(4-6(2)10(16)17)8-7(11)9(15)13-5-12-8/h5-6H,3-4,11H2,1-2H3,(H,16,17)(H,12,13,15). The molecule has 17 heavy (non-hydrogen) atoms. The van der Waals surface area contributed by atoms with E-state index < -0.39 is 17.4 Å². The van der Waals surface area contributed by atoms with Crippen LogP contribution in [0.4, 0.5) is 11.5 Å². The Kier molecular flexibility index (Phi) is 4.08. The van der Waals surface area contributed by atoms with Gasteiger partial charge in [-0.3, -0.25) is 9.59 Å². The summed E-state index contributed by atoms with van der Waals surface area (Å²) in [5.74, 6) is -1.13. The highest BCUT2D eigenvalue weighted by atomic mass is 16.4. The van der Waals surface area contributed by atoms with Crippen LogP contribution in [-0.4, -0.2) is 34.1 Å². The number of nitrogens with two attached hydrogens (primary N) is 1. The molecule has 1 atom stereocenters. The monoisotopic (exact) mass is 240 g/mol. The van der Waals surface area contributed by atoms with E-state index in [1.165, 1.54) is 6.33 Å². The highest BCUT2D eigenvalue weighted by molar-refractivity contribution is 5.71. The van der Waals surface area contributed by atoms with Gasteiger partial charge in [-0.2, -0.15) is 0 Å². The highest BCUT2D eigenvalue weighted by Crippen LogP contribution is 2.16. The molecule has 0 aliphatic heterocycles. The Labute approximate surface area is 98.3 Å². The second-order valence-corrected chi connectivity index (χ2v) is 3.75. The van der Waals surface area contributed by atoms with Gasteiger partial charge in [0.2, 0.25) is 0 Å². The van der Waals surface area contributed by atoms with Crippen molar-refractivity contribution in [1.29, 1.82) is 0 Å². The molecule has 7 nitrogen and oxygen atoms in total. The average molecular weight is 240 g/mol. The molecule has 0 amide bonds. The number of rotatable bonds is 5. The van der Waals surface area contributed by atoms with Crippen molar-refractivity contribution in [1.82, 2.24) is 9.97 Å². The maximum absolute atomic E-state index is 11.3. The Morgan fingerprint density at radius 1 is 1.71 bits per heavy atom. The van der Waals surface area contributed by atoms with Crippen LogP contribution in [-0.2, 0) is 4.79 Å². The van der Waals surface area contributed by atoms with E-state index in [4.69, 9.17) is 10.8 Å². The first-order valence-corrected chi connectivity index (χ1v) is 5.28. The number of nitrogen functional groups attached to an aromatic ring is 1. The van der Waals surface area contributed by atoms with Gasteiger partial charge < -0.3 is 20.7 Å². The Bertz CT molecular complexity index is 457. The van der Waals surface area contributed by atoms with E-state index in [-0.39, 0.29) is 12.2 Å². The lowest BCUT2D eigenvalue weighted by atomic mass is 10.1. The Morgan fingerprint density at radius 3 is 2.88 bits per heavy atom. The number of nitrogens with zero attached hydrogens (tertiary/aromatic N) is 2. The fourth-order valence-electron chi connectivity index (χ4n) is 1.43. The molecule has 1 rings (SSSR count). The predicted molar refractivity (Wildman–Crippen MR) is 64.0 cm³/mol. The molecule has 0 aliphatic carbocycles. The molecule has 1 aromatic heterocycles. The number of anilines is 2. The maximum Gasteiger partial charge on any atom is 0.308 e. The summed E-state index contributed by atoms with van der Waals surface area (Å²) in [7, 11) is 0. The topological polar surface area (TPSA) is 112 Å². The first kappa shape index (κ1) is 13.0. The Morgan fingerprint density at radius 2 is 2.35 bits per heavy atom. The van der Waals surface area contributed by atoms with Gasteiger partial charge in [0.05, 0.1) is 12.2 Å². The third-order valence-electron chi connectivity index (χ3n) is 2.47. The Balaban J connectivity index is 2.98. The number of aromatic amines is 1. The van der Waals surface area contributed by atoms with Crippen LogP contribution < -0.4 is 16.2 Å². The van der Waals surface area contributed by atoms with Crippen LogP contribution in [0.1, 0.15) is 13.8 Å². The molecule has 0 aromatic carbocycles. The fraction of sp³-hybridized carbons (Fsp3) is 0.500. The number of hydrogen-bond donors (Lipinski definition) is 3. The zero-order chi connectivity index (χ0) is 13.0. The summed E-state index contributed by atoms with van der Waals surface area (Å²) < 4.78 is 0. The SMILES string of the molecule is CCN(CC(C)C(=O)O)c1nc[nH]c(=O)c1N. The van der Waals surface area contributed by atoms with Crippen molar-refractivity contribution in [3.8, 4) is 0 Å². The minimum absolute atomic E-state index is 0.00642. The van der Waals surface area contributed by atoms with Crippen molar-refractivity contribution in [2.24, 2.45) is 5.92 Å². The number of carboxylic acids is 1. The molecule has 0 radical (unpaired) electrons. The van der Waals surface area contributed by atoms with E-state index in [1.54, 1.807) is 11.8 Å². The predicted octanol–water partition coefficient (Wildman–Crippen LogP) is -0.101. The molecule has 0 fully saturated rings. The lowest BCUT2D eigenvalue weighted by Crippen LogP contribution is -2.34. The average Bonchev–Trinajstić information content (AvgIpc) is 2.29. The van der Waals surface area contributed by atoms with Gasteiger partial charge in [-0.15, -0.1) is 0 Å². The molecular weight excluding hydrogens is 224 g/mol. The van der Waals surface area contributed by atoms with Crippen molar-refractivity contribution < 1.29 is 9.90 Å². The summed E-state index contributed by atoms with van der Waals surface area (Å²) in [5, 5.41) is 8.85. The molecule has 4 N–H and O–H groups in total. The normalized spacial score (nSPS) is 12.1. The van der Waals surface area contributed by atoms with Crippen LogP contribution in [0.15, 0.2) is 11.1 Å². The molecule has 1 aromatic rings. The van der Waals surface area contributed by atoms with Crippen LogP contribution in [0.3, 0.4) is 0 Å². The fourth-order valence-corrected chi connectivity index (χ4v) is 1.43. The van der Waals surface area contributed by atoms with Crippen LogP contribution in [0, 0.1) is 5.92 Å². The van der Waals surface area contributed by atoms with Crippen LogP contribution in [0.25, 0.3) is 0 Å². The molecule has 1 unspecified atom stereocenters. The summed E-state index contributed by atoms with van der Waals surface area (Å²) in [4.78, 5) is 30.1. The van der Waals surface area contributed by atoms with Crippen molar-refractivity contribution in [3.63, 3.8) is 0 Å². The van der Waals surface area contributed by atoms with Crippen molar-refractivity contribution in [3.05, 3.63) is 16.7 Å². The molecule has 0 saturated heterocycles. The van der Waals surface area contributed by atoms with Crippen LogP contribution in [0.5, 0.6) is 0 Å². The third-order valence-corrected chi connectivity index (χ3v) is 2.47. The molecule has 94 valence electrons. The van der Waals surface area contributed by atoms with Gasteiger partial charge in [0.1, 0.15) is 5.69 Å². The number of carboxylic acid groups (broad SMARTS) is 1. The second-order valence-electron chi connectivity index (χ2n) is 3.75. The number of carbonyl (C=O) groups is 1. The molecule has 7 heteroatoms. The van der Waals surface area contributed by atoms with Gasteiger partial charge in [-0.1, -0.05) is 6.92 Å². The summed E-state index contributed by atoms with van der Waals surface area (Å²) in [6.45, 7) is 4.22. The number of nitrogens with one attached hydrogen (secondary N) is 1. The van der Waals surface area contributed by atoms with E-state index in [0.29, 0.717) is 12.4 Å². The molecule has 0 saturated carbocycles. The second kappa shape index (κ2) is 5.33. The van der Waals surface area contributed by atoms with Crippen molar-refractivity contribution >= 4 is 17.5 Å². The molecule has 0 aliphatic rings. The summed E-state index contributed by atoms with van der Waals surface area (Å²) in [5.41, 5.74) is 5.20. The van der Waals surface area contributed by atoms with Gasteiger partial charge in [0.15, 0.2) is 5.82 Å². The van der Waals surface area contributed by atoms with E-state index in [1.807, 2.05) is 6.92 Å². The van der Waals surface area contributed by atoms with Gasteiger partial charge in [0.25, 0.3) is 5.56 Å². The van der Waals surface area contributed by atoms with Crippen LogP contribution in [0.2, 0.25) is 0 Å². The molecule has 0 spiro atoms. The van der Waals surface area contributed by atoms with Crippen molar-refractivity contribution in [2.75, 3.05) is 23.7 Å². The lowest BCUT2D eigenvalue weighted by molar-refractivity contribution is -0.140. The largest absolute Gasteiger partial charge is 0.481 e. The summed E-state index contributed by atoms with van der Waals surface area (Å²) >= 11 is 0. The minimum atomic E-state index is -0.896. The molecule has 1 heterocycles. The van der Waals surface area contributed by atoms with Gasteiger partial charge in [0, 0.05) is 13.1 Å². The number of aromatic nitrogens is 2. The molecule has 0 bridgehead atoms. The maximum atomic E-state index is 11.3.